The minimum atomic E-state index is -0.432. The lowest BCUT2D eigenvalue weighted by atomic mass is 10.1. The van der Waals surface area contributed by atoms with Crippen molar-refractivity contribution in [2.45, 2.75) is 26.3 Å². The molecule has 1 heterocycles. The molecule has 1 aromatic carbocycles. The molecule has 5 heteroatoms. The Balaban J connectivity index is 2.16. The first kappa shape index (κ1) is 15.0. The molecule has 5 nitrogen and oxygen atoms in total. The molecule has 2 aromatic rings. The van der Waals surface area contributed by atoms with Gasteiger partial charge in [-0.15, -0.1) is 0 Å². The Hall–Kier alpha value is -2.43. The van der Waals surface area contributed by atoms with Gasteiger partial charge >= 0.3 is 5.97 Å². The first-order valence-electron chi connectivity index (χ1n) is 6.78. The first-order chi connectivity index (χ1) is 10.0. The van der Waals surface area contributed by atoms with Crippen molar-refractivity contribution in [2.75, 3.05) is 18.2 Å². The number of carbonyl (C=O) groups is 1. The molecule has 0 bridgehead atoms. The molecule has 1 atom stereocenters. The van der Waals surface area contributed by atoms with E-state index in [1.165, 1.54) is 7.11 Å². The van der Waals surface area contributed by atoms with Crippen LogP contribution < -0.4 is 11.1 Å². The van der Waals surface area contributed by atoms with Gasteiger partial charge in [-0.1, -0.05) is 0 Å². The number of esters is 1. The highest BCUT2D eigenvalue weighted by atomic mass is 16.5. The lowest BCUT2D eigenvalue weighted by Crippen LogP contribution is -2.18. The van der Waals surface area contributed by atoms with Gasteiger partial charge in [0.05, 0.1) is 18.9 Å². The van der Waals surface area contributed by atoms with Crippen molar-refractivity contribution in [1.29, 1.82) is 0 Å². The highest BCUT2D eigenvalue weighted by molar-refractivity contribution is 5.97. The second kappa shape index (κ2) is 6.35. The zero-order chi connectivity index (χ0) is 15.4. The molecule has 0 fully saturated rings. The average molecular weight is 288 g/mol. The molecule has 3 N–H and O–H groups in total. The second-order valence-corrected chi connectivity index (χ2v) is 5.07. The Kier molecular flexibility index (Phi) is 4.52. The average Bonchev–Trinajstić information content (AvgIpc) is 2.94. The van der Waals surface area contributed by atoms with Crippen molar-refractivity contribution in [1.82, 2.24) is 0 Å². The van der Waals surface area contributed by atoms with E-state index in [0.29, 0.717) is 11.3 Å². The van der Waals surface area contributed by atoms with Gasteiger partial charge < -0.3 is 20.2 Å². The van der Waals surface area contributed by atoms with E-state index < -0.39 is 5.97 Å². The topological polar surface area (TPSA) is 77.5 Å². The van der Waals surface area contributed by atoms with Crippen molar-refractivity contribution in [3.8, 4) is 0 Å². The van der Waals surface area contributed by atoms with E-state index >= 15 is 0 Å². The molecule has 0 saturated heterocycles. The van der Waals surface area contributed by atoms with E-state index in [9.17, 15) is 4.79 Å². The van der Waals surface area contributed by atoms with Crippen LogP contribution in [0.3, 0.4) is 0 Å². The van der Waals surface area contributed by atoms with Gasteiger partial charge in [-0.25, -0.2) is 4.79 Å². The Morgan fingerprint density at radius 3 is 2.86 bits per heavy atom. The van der Waals surface area contributed by atoms with Crippen LogP contribution in [-0.2, 0) is 11.2 Å². The lowest BCUT2D eigenvalue weighted by Gasteiger charge is -2.16. The van der Waals surface area contributed by atoms with Crippen LogP contribution in [0, 0.1) is 6.92 Å². The summed E-state index contributed by atoms with van der Waals surface area (Å²) in [5.74, 6) is 0.480. The standard InChI is InChI=1S/C16H20N2O3/c1-10-7-12(9-14(15(10)17)16(19)20-3)18-11(2)8-13-5-4-6-21-13/h4-7,9,11,18H,8,17H2,1-3H3. The Morgan fingerprint density at radius 1 is 1.48 bits per heavy atom. The van der Waals surface area contributed by atoms with E-state index in [0.717, 1.165) is 23.4 Å². The number of nitrogens with two attached hydrogens (primary N) is 1. The molecule has 1 unspecified atom stereocenters. The summed E-state index contributed by atoms with van der Waals surface area (Å²) in [5, 5.41) is 3.34. The van der Waals surface area contributed by atoms with E-state index in [4.69, 9.17) is 14.9 Å². The van der Waals surface area contributed by atoms with E-state index in [1.54, 1.807) is 12.3 Å². The third-order valence-corrected chi connectivity index (χ3v) is 3.29. The molecule has 0 radical (unpaired) electrons. The molecule has 112 valence electrons. The molecule has 0 aliphatic heterocycles. The summed E-state index contributed by atoms with van der Waals surface area (Å²) in [5.41, 5.74) is 8.43. The summed E-state index contributed by atoms with van der Waals surface area (Å²) in [4.78, 5) is 11.7. The molecular formula is C16H20N2O3. The summed E-state index contributed by atoms with van der Waals surface area (Å²) >= 11 is 0. The van der Waals surface area contributed by atoms with Gasteiger partial charge in [0, 0.05) is 23.8 Å². The lowest BCUT2D eigenvalue weighted by molar-refractivity contribution is 0.0602. The minimum absolute atomic E-state index is 0.157. The minimum Gasteiger partial charge on any atom is -0.469 e. The molecule has 0 saturated carbocycles. The van der Waals surface area contributed by atoms with Crippen molar-refractivity contribution in [3.63, 3.8) is 0 Å². The number of furan rings is 1. The zero-order valence-corrected chi connectivity index (χ0v) is 12.5. The maximum absolute atomic E-state index is 11.7. The Morgan fingerprint density at radius 2 is 2.24 bits per heavy atom. The number of aryl methyl sites for hydroxylation is 1. The van der Waals surface area contributed by atoms with E-state index in [2.05, 4.69) is 5.32 Å². The fourth-order valence-electron chi connectivity index (χ4n) is 2.23. The van der Waals surface area contributed by atoms with Gasteiger partial charge in [0.25, 0.3) is 0 Å². The number of hydrogen-bond donors (Lipinski definition) is 2. The van der Waals surface area contributed by atoms with Gasteiger partial charge in [0.2, 0.25) is 0 Å². The smallest absolute Gasteiger partial charge is 0.340 e. The fourth-order valence-corrected chi connectivity index (χ4v) is 2.23. The van der Waals surface area contributed by atoms with E-state index in [1.807, 2.05) is 32.0 Å². The Bertz CT molecular complexity index is 621. The summed E-state index contributed by atoms with van der Waals surface area (Å²) in [6.45, 7) is 3.91. The van der Waals surface area contributed by atoms with Crippen molar-refractivity contribution < 1.29 is 13.9 Å². The molecular weight excluding hydrogens is 268 g/mol. The number of benzene rings is 1. The van der Waals surface area contributed by atoms with Crippen LogP contribution in [0.5, 0.6) is 0 Å². The summed E-state index contributed by atoms with van der Waals surface area (Å²) < 4.78 is 10.1. The Labute approximate surface area is 124 Å². The van der Waals surface area contributed by atoms with Gasteiger partial charge in [-0.05, 0) is 43.7 Å². The maximum Gasteiger partial charge on any atom is 0.340 e. The van der Waals surface area contributed by atoms with Gasteiger partial charge in [0.15, 0.2) is 0 Å². The molecule has 1 aromatic heterocycles. The number of carbonyl (C=O) groups excluding carboxylic acids is 1. The first-order valence-corrected chi connectivity index (χ1v) is 6.78. The largest absolute Gasteiger partial charge is 0.469 e. The van der Waals surface area contributed by atoms with Crippen LogP contribution in [0.15, 0.2) is 34.9 Å². The number of anilines is 2. The predicted octanol–water partition coefficient (Wildman–Crippen LogP) is 3.00. The van der Waals surface area contributed by atoms with Crippen molar-refractivity contribution >= 4 is 17.3 Å². The van der Waals surface area contributed by atoms with Crippen molar-refractivity contribution in [3.05, 3.63) is 47.4 Å². The molecule has 0 aliphatic carbocycles. The SMILES string of the molecule is COC(=O)c1cc(NC(C)Cc2ccco2)cc(C)c1N. The normalized spacial score (nSPS) is 12.0. The molecule has 0 aliphatic rings. The molecule has 0 spiro atoms. The van der Waals surface area contributed by atoms with Gasteiger partial charge in [0.1, 0.15) is 5.76 Å². The number of hydrogen-bond acceptors (Lipinski definition) is 5. The third-order valence-electron chi connectivity index (χ3n) is 3.29. The van der Waals surface area contributed by atoms with E-state index in [-0.39, 0.29) is 6.04 Å². The number of nitrogen functional groups attached to an aromatic ring is 1. The summed E-state index contributed by atoms with van der Waals surface area (Å²) in [7, 11) is 1.34. The molecule has 2 rings (SSSR count). The number of nitrogens with one attached hydrogen (secondary N) is 1. The monoisotopic (exact) mass is 288 g/mol. The number of methoxy groups -OCH3 is 1. The van der Waals surface area contributed by atoms with Gasteiger partial charge in [-0.2, -0.15) is 0 Å². The zero-order valence-electron chi connectivity index (χ0n) is 12.5. The van der Waals surface area contributed by atoms with Crippen LogP contribution in [0.2, 0.25) is 0 Å². The highest BCUT2D eigenvalue weighted by Crippen LogP contribution is 2.24. The second-order valence-electron chi connectivity index (χ2n) is 5.07. The van der Waals surface area contributed by atoms with Gasteiger partial charge in [-0.3, -0.25) is 0 Å². The van der Waals surface area contributed by atoms with Crippen LogP contribution in [0.25, 0.3) is 0 Å². The van der Waals surface area contributed by atoms with Crippen LogP contribution in [0.1, 0.15) is 28.6 Å². The van der Waals surface area contributed by atoms with Crippen molar-refractivity contribution in [2.24, 2.45) is 0 Å². The van der Waals surface area contributed by atoms with Crippen LogP contribution >= 0.6 is 0 Å². The predicted molar refractivity (Wildman–Crippen MR) is 82.4 cm³/mol. The molecule has 21 heavy (non-hydrogen) atoms. The third kappa shape index (κ3) is 3.56. The number of ether oxygens (including phenoxy) is 1. The highest BCUT2D eigenvalue weighted by Gasteiger charge is 2.14. The summed E-state index contributed by atoms with van der Waals surface area (Å²) in [6.07, 6.45) is 2.41. The van der Waals surface area contributed by atoms with Crippen LogP contribution in [-0.4, -0.2) is 19.1 Å². The van der Waals surface area contributed by atoms with Crippen LogP contribution in [0.4, 0.5) is 11.4 Å². The number of rotatable bonds is 5. The summed E-state index contributed by atoms with van der Waals surface area (Å²) in [6, 6.07) is 7.59. The fraction of sp³-hybridized carbons (Fsp3) is 0.312. The maximum atomic E-state index is 11.7. The molecule has 0 amide bonds. The quantitative estimate of drug-likeness (QED) is 0.653.